The first-order valence-electron chi connectivity index (χ1n) is 13.2. The molecule has 0 radical (unpaired) electrons. The third-order valence-corrected chi connectivity index (χ3v) is 6.76. The number of aromatic nitrogens is 2. The van der Waals surface area contributed by atoms with Crippen LogP contribution in [0.2, 0.25) is 0 Å². The van der Waals surface area contributed by atoms with E-state index < -0.39 is 29.7 Å². The summed E-state index contributed by atoms with van der Waals surface area (Å²) in [5, 5.41) is 9.89. The van der Waals surface area contributed by atoms with E-state index in [0.717, 1.165) is 16.7 Å². The van der Waals surface area contributed by atoms with E-state index in [1.807, 2.05) is 78.9 Å². The minimum atomic E-state index is -0.663. The first-order chi connectivity index (χ1) is 19.5. The quantitative estimate of drug-likeness (QED) is 0.295. The minimum absolute atomic E-state index is 0.234. The first kappa shape index (κ1) is 27.4. The molecule has 208 valence electrons. The largest absolute Gasteiger partial charge is 0.485 e. The van der Waals surface area contributed by atoms with Gasteiger partial charge in [0.1, 0.15) is 25.5 Å². The number of aliphatic hydroxyl groups is 1. The fourth-order valence-electron chi connectivity index (χ4n) is 4.56. The van der Waals surface area contributed by atoms with Crippen LogP contribution in [0.15, 0.2) is 94.6 Å². The Balaban J connectivity index is 1.29. The van der Waals surface area contributed by atoms with Gasteiger partial charge in [0, 0.05) is 18.2 Å². The summed E-state index contributed by atoms with van der Waals surface area (Å²) in [7, 11) is 0. The summed E-state index contributed by atoms with van der Waals surface area (Å²) in [5.74, 6) is 1.21. The summed E-state index contributed by atoms with van der Waals surface area (Å²) < 4.78 is 25.6. The second-order valence-corrected chi connectivity index (χ2v) is 9.71. The molecular weight excluding hydrogens is 512 g/mol. The lowest BCUT2D eigenvalue weighted by Crippen LogP contribution is -2.33. The van der Waals surface area contributed by atoms with Crippen LogP contribution in [0.3, 0.4) is 0 Å². The smallest absolute Gasteiger partial charge is 0.330 e. The molecule has 2 heterocycles. The second-order valence-electron chi connectivity index (χ2n) is 9.71. The van der Waals surface area contributed by atoms with E-state index in [1.54, 1.807) is 6.92 Å². The third kappa shape index (κ3) is 6.69. The highest BCUT2D eigenvalue weighted by Crippen LogP contribution is 2.33. The normalized spacial score (nSPS) is 18.5. The predicted molar refractivity (Wildman–Crippen MR) is 148 cm³/mol. The number of nitrogens with zero attached hydrogens (tertiary/aromatic N) is 1. The summed E-state index contributed by atoms with van der Waals surface area (Å²) in [6.45, 7) is 2.37. The van der Waals surface area contributed by atoms with Crippen molar-refractivity contribution in [1.29, 1.82) is 0 Å². The van der Waals surface area contributed by atoms with Gasteiger partial charge in [-0.05, 0) is 35.7 Å². The van der Waals surface area contributed by atoms with Gasteiger partial charge in [-0.25, -0.2) is 4.79 Å². The van der Waals surface area contributed by atoms with Crippen molar-refractivity contribution >= 4 is 0 Å². The molecule has 1 aliphatic heterocycles. The summed E-state index contributed by atoms with van der Waals surface area (Å²) in [4.78, 5) is 26.4. The Bertz CT molecular complexity index is 1520. The van der Waals surface area contributed by atoms with Crippen LogP contribution in [-0.2, 0) is 29.3 Å². The Hall–Kier alpha value is -4.18. The maximum Gasteiger partial charge on any atom is 0.330 e. The summed E-state index contributed by atoms with van der Waals surface area (Å²) >= 11 is 0. The highest BCUT2D eigenvalue weighted by atomic mass is 16.6. The van der Waals surface area contributed by atoms with Crippen molar-refractivity contribution in [3.63, 3.8) is 0 Å². The number of hydrogen-bond donors (Lipinski definition) is 2. The molecule has 0 amide bonds. The lowest BCUT2D eigenvalue weighted by atomic mass is 10.1. The number of ether oxygens (including phenoxy) is 4. The van der Waals surface area contributed by atoms with Gasteiger partial charge in [-0.15, -0.1) is 0 Å². The number of rotatable bonds is 11. The molecule has 0 unspecified atom stereocenters. The third-order valence-electron chi connectivity index (χ3n) is 6.76. The Morgan fingerprint density at radius 3 is 2.17 bits per heavy atom. The molecule has 1 aliphatic rings. The fourth-order valence-corrected chi connectivity index (χ4v) is 4.56. The van der Waals surface area contributed by atoms with Crippen molar-refractivity contribution in [1.82, 2.24) is 9.55 Å². The SMILES string of the molecule is Cc1cn([C@H]2C[C@H](OCc3ccc(OCc4ccccc4)c(OCc4ccccc4)c3)[C@@H](CO)O2)c(=O)[nH]c1=O. The Kier molecular flexibility index (Phi) is 8.75. The summed E-state index contributed by atoms with van der Waals surface area (Å²) in [6, 6.07) is 25.5. The maximum absolute atomic E-state index is 12.3. The van der Waals surface area contributed by atoms with Crippen LogP contribution in [-0.4, -0.2) is 33.5 Å². The van der Waals surface area contributed by atoms with Crippen LogP contribution >= 0.6 is 0 Å². The Labute approximate surface area is 231 Å². The lowest BCUT2D eigenvalue weighted by Gasteiger charge is -2.18. The van der Waals surface area contributed by atoms with E-state index in [1.165, 1.54) is 10.8 Å². The predicted octanol–water partition coefficient (Wildman–Crippen LogP) is 3.87. The zero-order chi connectivity index (χ0) is 27.9. The first-order valence-corrected chi connectivity index (χ1v) is 13.2. The maximum atomic E-state index is 12.3. The van der Waals surface area contributed by atoms with Gasteiger partial charge in [-0.3, -0.25) is 14.3 Å². The van der Waals surface area contributed by atoms with Crippen LogP contribution in [0.5, 0.6) is 11.5 Å². The van der Waals surface area contributed by atoms with Crippen molar-refractivity contribution in [3.05, 3.63) is 128 Å². The molecule has 3 aromatic carbocycles. The molecule has 1 fully saturated rings. The fraction of sp³-hybridized carbons (Fsp3) is 0.290. The van der Waals surface area contributed by atoms with E-state index in [9.17, 15) is 14.7 Å². The van der Waals surface area contributed by atoms with Crippen LogP contribution in [0.25, 0.3) is 0 Å². The number of aromatic amines is 1. The molecule has 40 heavy (non-hydrogen) atoms. The zero-order valence-corrected chi connectivity index (χ0v) is 22.2. The van der Waals surface area contributed by atoms with E-state index in [2.05, 4.69) is 4.98 Å². The van der Waals surface area contributed by atoms with Gasteiger partial charge in [0.15, 0.2) is 11.5 Å². The molecule has 3 atom stereocenters. The number of hydrogen-bond acceptors (Lipinski definition) is 7. The molecule has 0 saturated carbocycles. The van der Waals surface area contributed by atoms with Crippen LogP contribution in [0.1, 0.15) is 34.9 Å². The van der Waals surface area contributed by atoms with Crippen LogP contribution in [0.4, 0.5) is 0 Å². The minimum Gasteiger partial charge on any atom is -0.485 e. The van der Waals surface area contributed by atoms with Crippen molar-refractivity contribution in [2.24, 2.45) is 0 Å². The highest BCUT2D eigenvalue weighted by Gasteiger charge is 2.37. The zero-order valence-electron chi connectivity index (χ0n) is 22.2. The summed E-state index contributed by atoms with van der Waals surface area (Å²) in [6.07, 6.45) is 0.0614. The Morgan fingerprint density at radius 1 is 0.875 bits per heavy atom. The molecular formula is C31H32N2O7. The molecule has 0 bridgehead atoms. The van der Waals surface area contributed by atoms with Crippen LogP contribution < -0.4 is 20.7 Å². The van der Waals surface area contributed by atoms with Gasteiger partial charge in [0.05, 0.1) is 19.3 Å². The number of H-pyrrole nitrogens is 1. The molecule has 2 N–H and O–H groups in total. The molecule has 9 nitrogen and oxygen atoms in total. The van der Waals surface area contributed by atoms with Crippen molar-refractivity contribution in [2.45, 2.75) is 51.6 Å². The summed E-state index contributed by atoms with van der Waals surface area (Å²) in [5.41, 5.74) is 2.33. The molecule has 4 aromatic rings. The molecule has 0 spiro atoms. The lowest BCUT2D eigenvalue weighted by molar-refractivity contribution is -0.0658. The van der Waals surface area contributed by atoms with Gasteiger partial charge in [0.2, 0.25) is 0 Å². The van der Waals surface area contributed by atoms with Gasteiger partial charge < -0.3 is 24.1 Å². The molecule has 1 aromatic heterocycles. The average Bonchev–Trinajstić information content (AvgIpc) is 3.40. The van der Waals surface area contributed by atoms with Gasteiger partial charge >= 0.3 is 5.69 Å². The standard InChI is InChI=1S/C31H32N2O7/c1-21-16-33(31(36)32-30(21)35)29-15-27(28(17-34)40-29)39-20-24-12-13-25(37-18-22-8-4-2-5-9-22)26(14-24)38-19-23-10-6-3-7-11-23/h2-14,16,27-29,34H,15,17-20H2,1H3,(H,32,35,36)/t27-,28+,29+/m0/s1. The number of aliphatic hydroxyl groups excluding tert-OH is 1. The Morgan fingerprint density at radius 2 is 1.52 bits per heavy atom. The molecule has 5 rings (SSSR count). The van der Waals surface area contributed by atoms with E-state index in [-0.39, 0.29) is 13.2 Å². The van der Waals surface area contributed by atoms with Gasteiger partial charge in [0.25, 0.3) is 5.56 Å². The van der Waals surface area contributed by atoms with Crippen molar-refractivity contribution in [3.8, 4) is 11.5 Å². The van der Waals surface area contributed by atoms with Crippen molar-refractivity contribution in [2.75, 3.05) is 6.61 Å². The second kappa shape index (κ2) is 12.8. The monoisotopic (exact) mass is 544 g/mol. The van der Waals surface area contributed by atoms with Gasteiger partial charge in [-0.1, -0.05) is 66.7 Å². The van der Waals surface area contributed by atoms with E-state index in [4.69, 9.17) is 18.9 Å². The molecule has 1 saturated heterocycles. The number of nitrogens with one attached hydrogen (secondary N) is 1. The van der Waals surface area contributed by atoms with E-state index in [0.29, 0.717) is 36.7 Å². The highest BCUT2D eigenvalue weighted by molar-refractivity contribution is 5.43. The van der Waals surface area contributed by atoms with Crippen molar-refractivity contribution < 1.29 is 24.1 Å². The molecule has 9 heteroatoms. The number of benzene rings is 3. The van der Waals surface area contributed by atoms with Gasteiger partial charge in [-0.2, -0.15) is 0 Å². The number of aryl methyl sites for hydroxylation is 1. The van der Waals surface area contributed by atoms with E-state index >= 15 is 0 Å². The van der Waals surface area contributed by atoms with Crippen LogP contribution in [0, 0.1) is 6.92 Å². The average molecular weight is 545 g/mol. The topological polar surface area (TPSA) is 112 Å². The molecule has 0 aliphatic carbocycles.